The zero-order chi connectivity index (χ0) is 25.3. The smallest absolute Gasteiger partial charge is 0.319 e. The van der Waals surface area contributed by atoms with Crippen molar-refractivity contribution in [1.82, 2.24) is 20.3 Å². The second-order valence-corrected chi connectivity index (χ2v) is 12.1. The fourth-order valence-electron chi connectivity index (χ4n) is 4.19. The number of carbonyl (C=O) groups is 1. The predicted molar refractivity (Wildman–Crippen MR) is 138 cm³/mol. The molecule has 3 heterocycles. The number of urea groups is 1. The minimum Gasteiger partial charge on any atom is -0.378 e. The van der Waals surface area contributed by atoms with Crippen molar-refractivity contribution in [2.75, 3.05) is 43.1 Å². The summed E-state index contributed by atoms with van der Waals surface area (Å²) in [6, 6.07) is 8.72. The van der Waals surface area contributed by atoms with Crippen LogP contribution in [0.3, 0.4) is 0 Å². The Labute approximate surface area is 214 Å². The van der Waals surface area contributed by atoms with E-state index >= 15 is 0 Å². The van der Waals surface area contributed by atoms with Crippen LogP contribution in [0.5, 0.6) is 0 Å². The van der Waals surface area contributed by atoms with Crippen molar-refractivity contribution in [1.29, 1.82) is 0 Å². The number of rotatable bonds is 7. The summed E-state index contributed by atoms with van der Waals surface area (Å²) in [5, 5.41) is 7.22. The molecule has 2 amide bonds. The summed E-state index contributed by atoms with van der Waals surface area (Å²) in [7, 11) is -3.71. The highest BCUT2D eigenvalue weighted by atomic mass is 32.2. The SMILES string of the molecule is CCNC(=O)Nc1ccc(-c2nc(N3CCOCC3)cc(C3(S(=O)(=O)c4nc(C)cs4)CC3)n2)cc1. The Morgan fingerprint density at radius 1 is 1.14 bits per heavy atom. The van der Waals surface area contributed by atoms with E-state index in [9.17, 15) is 13.2 Å². The average molecular weight is 529 g/mol. The second-order valence-electron chi connectivity index (χ2n) is 8.85. The topological polar surface area (TPSA) is 126 Å². The van der Waals surface area contributed by atoms with Gasteiger partial charge in [0.2, 0.25) is 14.2 Å². The summed E-state index contributed by atoms with van der Waals surface area (Å²) in [6.45, 7) is 6.65. The first-order valence-electron chi connectivity index (χ1n) is 11.9. The van der Waals surface area contributed by atoms with Crippen LogP contribution in [-0.4, -0.2) is 62.2 Å². The fourth-order valence-corrected chi connectivity index (χ4v) is 7.46. The standard InChI is InChI=1S/C24H28N6O4S2/c1-3-25-22(31)27-18-6-4-17(5-7-18)21-28-19(14-20(29-21)30-10-12-34-13-11-30)24(8-9-24)36(32,33)23-26-16(2)15-35-23/h4-7,14-15H,3,8-13H2,1-2H3,(H2,25,27,31). The number of aryl methyl sites for hydroxylation is 1. The molecule has 0 atom stereocenters. The lowest BCUT2D eigenvalue weighted by Crippen LogP contribution is -2.37. The van der Waals surface area contributed by atoms with E-state index in [4.69, 9.17) is 14.7 Å². The van der Waals surface area contributed by atoms with E-state index in [2.05, 4.69) is 20.5 Å². The monoisotopic (exact) mass is 528 g/mol. The van der Waals surface area contributed by atoms with Crippen LogP contribution in [0.25, 0.3) is 11.4 Å². The van der Waals surface area contributed by atoms with Crippen molar-refractivity contribution in [3.63, 3.8) is 0 Å². The van der Waals surface area contributed by atoms with Crippen LogP contribution in [-0.2, 0) is 19.3 Å². The third kappa shape index (κ3) is 4.67. The van der Waals surface area contributed by atoms with Gasteiger partial charge in [-0.25, -0.2) is 28.2 Å². The molecule has 2 aromatic heterocycles. The van der Waals surface area contributed by atoms with Crippen LogP contribution in [0.15, 0.2) is 40.1 Å². The van der Waals surface area contributed by atoms with E-state index in [-0.39, 0.29) is 10.4 Å². The summed E-state index contributed by atoms with van der Waals surface area (Å²) in [6.07, 6.45) is 0.977. The molecule has 1 saturated carbocycles. The van der Waals surface area contributed by atoms with E-state index in [0.717, 1.165) is 16.9 Å². The molecule has 1 aromatic carbocycles. The Morgan fingerprint density at radius 2 is 1.86 bits per heavy atom. The van der Waals surface area contributed by atoms with E-state index in [1.807, 2.05) is 25.1 Å². The number of nitrogens with zero attached hydrogens (tertiary/aromatic N) is 4. The molecule has 190 valence electrons. The summed E-state index contributed by atoms with van der Waals surface area (Å²) >= 11 is 1.15. The molecule has 0 spiro atoms. The first-order valence-corrected chi connectivity index (χ1v) is 14.2. The van der Waals surface area contributed by atoms with Crippen molar-refractivity contribution in [3.8, 4) is 11.4 Å². The molecule has 0 unspecified atom stereocenters. The first kappa shape index (κ1) is 24.6. The Balaban J connectivity index is 1.54. The van der Waals surface area contributed by atoms with Gasteiger partial charge in [0.25, 0.3) is 0 Å². The number of benzene rings is 1. The van der Waals surface area contributed by atoms with Gasteiger partial charge >= 0.3 is 6.03 Å². The highest BCUT2D eigenvalue weighted by molar-refractivity contribution is 7.94. The third-order valence-corrected chi connectivity index (χ3v) is 10.2. The molecule has 5 rings (SSSR count). The molecular weight excluding hydrogens is 500 g/mol. The number of hydrogen-bond donors (Lipinski definition) is 2. The van der Waals surface area contributed by atoms with Gasteiger partial charge in [-0.3, -0.25) is 0 Å². The maximum Gasteiger partial charge on any atom is 0.319 e. The van der Waals surface area contributed by atoms with Crippen LogP contribution in [0.1, 0.15) is 31.2 Å². The Morgan fingerprint density at radius 3 is 2.47 bits per heavy atom. The van der Waals surface area contributed by atoms with Gasteiger partial charge in [0.15, 0.2) is 5.82 Å². The Hall–Kier alpha value is -3.09. The molecule has 2 aliphatic rings. The molecule has 1 aliphatic carbocycles. The van der Waals surface area contributed by atoms with E-state index in [0.29, 0.717) is 74.4 Å². The number of thiazole rings is 1. The maximum atomic E-state index is 13.7. The van der Waals surface area contributed by atoms with Crippen LogP contribution < -0.4 is 15.5 Å². The van der Waals surface area contributed by atoms with Gasteiger partial charge in [-0.2, -0.15) is 0 Å². The average Bonchev–Trinajstić information content (AvgIpc) is 3.60. The molecule has 12 heteroatoms. The molecule has 10 nitrogen and oxygen atoms in total. The Bertz CT molecular complexity index is 1360. The minimum atomic E-state index is -3.71. The number of carbonyl (C=O) groups excluding carboxylic acids is 1. The van der Waals surface area contributed by atoms with E-state index in [1.54, 1.807) is 24.4 Å². The normalized spacial score (nSPS) is 17.0. The zero-order valence-corrected chi connectivity index (χ0v) is 21.8. The molecule has 0 radical (unpaired) electrons. The largest absolute Gasteiger partial charge is 0.378 e. The molecule has 1 aliphatic heterocycles. The number of morpholine rings is 1. The molecule has 1 saturated heterocycles. The lowest BCUT2D eigenvalue weighted by Gasteiger charge is -2.29. The highest BCUT2D eigenvalue weighted by Gasteiger charge is 2.59. The number of nitrogens with one attached hydrogen (secondary N) is 2. The van der Waals surface area contributed by atoms with Gasteiger partial charge in [0.1, 0.15) is 10.6 Å². The van der Waals surface area contributed by atoms with Crippen molar-refractivity contribution in [2.45, 2.75) is 35.8 Å². The predicted octanol–water partition coefficient (Wildman–Crippen LogP) is 3.35. The molecule has 2 fully saturated rings. The van der Waals surface area contributed by atoms with Crippen LogP contribution in [0, 0.1) is 6.92 Å². The lowest BCUT2D eigenvalue weighted by atomic mass is 10.1. The number of anilines is 2. The highest BCUT2D eigenvalue weighted by Crippen LogP contribution is 2.55. The Kier molecular flexibility index (Phi) is 6.66. The first-order chi connectivity index (χ1) is 17.3. The number of hydrogen-bond acceptors (Lipinski definition) is 9. The van der Waals surface area contributed by atoms with Gasteiger partial charge < -0.3 is 20.3 Å². The van der Waals surface area contributed by atoms with E-state index in [1.165, 1.54) is 0 Å². The molecule has 2 N–H and O–H groups in total. The zero-order valence-electron chi connectivity index (χ0n) is 20.2. The van der Waals surface area contributed by atoms with Gasteiger partial charge in [0, 0.05) is 48.0 Å². The van der Waals surface area contributed by atoms with Crippen molar-refractivity contribution in [2.24, 2.45) is 0 Å². The minimum absolute atomic E-state index is 0.131. The molecule has 3 aromatic rings. The summed E-state index contributed by atoms with van der Waals surface area (Å²) in [4.78, 5) is 27.8. The molecule has 36 heavy (non-hydrogen) atoms. The van der Waals surface area contributed by atoms with Gasteiger partial charge in [-0.15, -0.1) is 11.3 Å². The quantitative estimate of drug-likeness (QED) is 0.478. The summed E-state index contributed by atoms with van der Waals surface area (Å²) in [5.74, 6) is 1.12. The van der Waals surface area contributed by atoms with Crippen LogP contribution in [0.4, 0.5) is 16.3 Å². The number of ether oxygens (including phenoxy) is 1. The summed E-state index contributed by atoms with van der Waals surface area (Å²) in [5.41, 5.74) is 2.54. The molecule has 0 bridgehead atoms. The van der Waals surface area contributed by atoms with Crippen molar-refractivity contribution in [3.05, 3.63) is 47.1 Å². The van der Waals surface area contributed by atoms with E-state index < -0.39 is 14.6 Å². The lowest BCUT2D eigenvalue weighted by molar-refractivity contribution is 0.122. The van der Waals surface area contributed by atoms with Crippen LogP contribution >= 0.6 is 11.3 Å². The number of amides is 2. The number of aromatic nitrogens is 3. The fraction of sp³-hybridized carbons (Fsp3) is 0.417. The summed E-state index contributed by atoms with van der Waals surface area (Å²) < 4.78 is 31.9. The van der Waals surface area contributed by atoms with Gasteiger partial charge in [0.05, 0.1) is 18.9 Å². The van der Waals surface area contributed by atoms with Crippen LogP contribution in [0.2, 0.25) is 0 Å². The van der Waals surface area contributed by atoms with Crippen molar-refractivity contribution < 1.29 is 17.9 Å². The second kappa shape index (κ2) is 9.75. The van der Waals surface area contributed by atoms with Crippen molar-refractivity contribution >= 4 is 38.7 Å². The van der Waals surface area contributed by atoms with Gasteiger partial charge in [-0.1, -0.05) is 0 Å². The maximum absolute atomic E-state index is 13.7. The number of sulfone groups is 1. The van der Waals surface area contributed by atoms with Gasteiger partial charge in [-0.05, 0) is 51.0 Å². The third-order valence-electron chi connectivity index (χ3n) is 6.30. The molecular formula is C24H28N6O4S2.